The molecule has 0 saturated carbocycles. The fourth-order valence-corrected chi connectivity index (χ4v) is 1.65. The number of hydrogen-bond donors (Lipinski definition) is 0. The van der Waals surface area contributed by atoms with Gasteiger partial charge in [0.25, 0.3) is 0 Å². The van der Waals surface area contributed by atoms with Crippen LogP contribution in [0.4, 0.5) is 4.39 Å². The van der Waals surface area contributed by atoms with Crippen LogP contribution in [0.1, 0.15) is 0 Å². The van der Waals surface area contributed by atoms with Crippen LogP contribution in [0.5, 0.6) is 0 Å². The molecule has 0 unspecified atom stereocenters. The van der Waals surface area contributed by atoms with Crippen LogP contribution in [-0.4, -0.2) is 9.97 Å². The second-order valence-corrected chi connectivity index (χ2v) is 3.79. The van der Waals surface area contributed by atoms with E-state index in [4.69, 9.17) is 4.42 Å². The van der Waals surface area contributed by atoms with Crippen LogP contribution in [0.15, 0.2) is 59.5 Å². The van der Waals surface area contributed by atoms with E-state index in [-0.39, 0.29) is 5.82 Å². The number of rotatable bonds is 2. The maximum absolute atomic E-state index is 12.8. The third-order valence-corrected chi connectivity index (χ3v) is 2.55. The molecule has 0 radical (unpaired) electrons. The number of aromatic nitrogens is 2. The Morgan fingerprint density at radius 1 is 1.00 bits per heavy atom. The molecule has 0 aliphatic carbocycles. The second-order valence-electron chi connectivity index (χ2n) is 3.79. The smallest absolute Gasteiger partial charge is 0.226 e. The summed E-state index contributed by atoms with van der Waals surface area (Å²) in [6.45, 7) is 0. The number of pyridine rings is 1. The molecule has 3 aromatic rings. The van der Waals surface area contributed by atoms with Crippen LogP contribution in [0.25, 0.3) is 22.7 Å². The van der Waals surface area contributed by atoms with Gasteiger partial charge in [-0.25, -0.2) is 9.37 Å². The van der Waals surface area contributed by atoms with E-state index in [1.165, 1.54) is 12.1 Å². The van der Waals surface area contributed by atoms with E-state index in [2.05, 4.69) is 9.97 Å². The standard InChI is InChI=1S/C14H9FN2O/c15-12-5-3-10(4-6-12)14-17-13(9-18-14)11-2-1-7-16-8-11/h1-9H. The van der Waals surface area contributed by atoms with E-state index in [0.717, 1.165) is 11.1 Å². The molecule has 3 nitrogen and oxygen atoms in total. The van der Waals surface area contributed by atoms with E-state index >= 15 is 0 Å². The van der Waals surface area contributed by atoms with Crippen molar-refractivity contribution in [3.8, 4) is 22.7 Å². The largest absolute Gasteiger partial charge is 0.444 e. The fourth-order valence-electron chi connectivity index (χ4n) is 1.65. The summed E-state index contributed by atoms with van der Waals surface area (Å²) in [6.07, 6.45) is 4.98. The Hall–Kier alpha value is -2.49. The minimum absolute atomic E-state index is 0.280. The highest BCUT2D eigenvalue weighted by Crippen LogP contribution is 2.23. The third-order valence-electron chi connectivity index (χ3n) is 2.55. The van der Waals surface area contributed by atoms with Crippen molar-refractivity contribution in [1.29, 1.82) is 0 Å². The maximum Gasteiger partial charge on any atom is 0.226 e. The van der Waals surface area contributed by atoms with E-state index in [1.807, 2.05) is 12.1 Å². The highest BCUT2D eigenvalue weighted by Gasteiger charge is 2.08. The molecule has 1 aromatic carbocycles. The number of benzene rings is 1. The topological polar surface area (TPSA) is 38.9 Å². The quantitative estimate of drug-likeness (QED) is 0.687. The molecule has 0 saturated heterocycles. The summed E-state index contributed by atoms with van der Waals surface area (Å²) >= 11 is 0. The van der Waals surface area contributed by atoms with Gasteiger partial charge in [0.2, 0.25) is 5.89 Å². The normalized spacial score (nSPS) is 10.5. The monoisotopic (exact) mass is 240 g/mol. The Bertz CT molecular complexity index is 647. The second kappa shape index (κ2) is 4.41. The van der Waals surface area contributed by atoms with Crippen LogP contribution in [-0.2, 0) is 0 Å². The highest BCUT2D eigenvalue weighted by molar-refractivity contribution is 5.61. The molecule has 0 bridgehead atoms. The van der Waals surface area contributed by atoms with Gasteiger partial charge in [-0.2, -0.15) is 0 Å². The van der Waals surface area contributed by atoms with Crippen molar-refractivity contribution in [3.05, 3.63) is 60.9 Å². The Morgan fingerprint density at radius 3 is 2.56 bits per heavy atom. The average Bonchev–Trinajstić information content (AvgIpc) is 2.90. The minimum atomic E-state index is -0.280. The average molecular weight is 240 g/mol. The highest BCUT2D eigenvalue weighted by atomic mass is 19.1. The number of nitrogens with zero attached hydrogens (tertiary/aromatic N) is 2. The van der Waals surface area contributed by atoms with Gasteiger partial charge in [-0.15, -0.1) is 0 Å². The first kappa shape index (κ1) is 10.7. The molecule has 0 amide bonds. The van der Waals surface area contributed by atoms with Gasteiger partial charge in [0.05, 0.1) is 0 Å². The molecule has 88 valence electrons. The zero-order valence-corrected chi connectivity index (χ0v) is 9.38. The van der Waals surface area contributed by atoms with Crippen LogP contribution in [0.2, 0.25) is 0 Å². The zero-order chi connectivity index (χ0) is 12.4. The van der Waals surface area contributed by atoms with Crippen molar-refractivity contribution in [3.63, 3.8) is 0 Å². The summed E-state index contributed by atoms with van der Waals surface area (Å²) in [4.78, 5) is 8.37. The van der Waals surface area contributed by atoms with Crippen LogP contribution < -0.4 is 0 Å². The molecule has 3 rings (SSSR count). The summed E-state index contributed by atoms with van der Waals surface area (Å²) in [7, 11) is 0. The van der Waals surface area contributed by atoms with E-state index in [9.17, 15) is 4.39 Å². The first-order chi connectivity index (χ1) is 8.83. The lowest BCUT2D eigenvalue weighted by Gasteiger charge is -1.94. The summed E-state index contributed by atoms with van der Waals surface area (Å²) < 4.78 is 18.2. The molecule has 2 heterocycles. The summed E-state index contributed by atoms with van der Waals surface area (Å²) in [5.74, 6) is 0.187. The predicted molar refractivity (Wildman–Crippen MR) is 65.1 cm³/mol. The minimum Gasteiger partial charge on any atom is -0.444 e. The van der Waals surface area contributed by atoms with Crippen molar-refractivity contribution < 1.29 is 8.81 Å². The Kier molecular flexibility index (Phi) is 2.61. The number of oxazole rings is 1. The molecule has 0 aliphatic heterocycles. The first-order valence-corrected chi connectivity index (χ1v) is 5.45. The summed E-state index contributed by atoms with van der Waals surface area (Å²) in [5, 5.41) is 0. The Morgan fingerprint density at radius 2 is 1.83 bits per heavy atom. The van der Waals surface area contributed by atoms with Gasteiger partial charge >= 0.3 is 0 Å². The van der Waals surface area contributed by atoms with E-state index in [1.54, 1.807) is 30.8 Å². The summed E-state index contributed by atoms with van der Waals surface area (Å²) in [6, 6.07) is 9.76. The Labute approximate surface area is 103 Å². The van der Waals surface area contributed by atoms with Gasteiger partial charge in [-0.1, -0.05) is 0 Å². The fraction of sp³-hybridized carbons (Fsp3) is 0. The van der Waals surface area contributed by atoms with Crippen LogP contribution in [0, 0.1) is 5.82 Å². The van der Waals surface area contributed by atoms with Gasteiger partial charge < -0.3 is 4.42 Å². The molecule has 0 spiro atoms. The summed E-state index contributed by atoms with van der Waals surface area (Å²) in [5.41, 5.74) is 2.34. The van der Waals surface area contributed by atoms with Gasteiger partial charge in [0, 0.05) is 23.5 Å². The molecule has 0 fully saturated rings. The molecule has 2 aromatic heterocycles. The van der Waals surface area contributed by atoms with Gasteiger partial charge in [-0.3, -0.25) is 4.98 Å². The van der Waals surface area contributed by atoms with Crippen molar-refractivity contribution in [2.75, 3.05) is 0 Å². The third kappa shape index (κ3) is 2.00. The van der Waals surface area contributed by atoms with Gasteiger partial charge in [-0.05, 0) is 36.4 Å². The molecular weight excluding hydrogens is 231 g/mol. The van der Waals surface area contributed by atoms with E-state index in [0.29, 0.717) is 11.6 Å². The lowest BCUT2D eigenvalue weighted by atomic mass is 10.2. The lowest BCUT2D eigenvalue weighted by molar-refractivity contribution is 0.574. The maximum atomic E-state index is 12.8. The molecular formula is C14H9FN2O. The molecule has 4 heteroatoms. The van der Waals surface area contributed by atoms with Crippen molar-refractivity contribution in [2.45, 2.75) is 0 Å². The van der Waals surface area contributed by atoms with Crippen molar-refractivity contribution >= 4 is 0 Å². The zero-order valence-electron chi connectivity index (χ0n) is 9.38. The van der Waals surface area contributed by atoms with Crippen LogP contribution >= 0.6 is 0 Å². The number of halogens is 1. The lowest BCUT2D eigenvalue weighted by Crippen LogP contribution is -1.81. The van der Waals surface area contributed by atoms with E-state index < -0.39 is 0 Å². The molecule has 0 N–H and O–H groups in total. The predicted octanol–water partition coefficient (Wildman–Crippen LogP) is 3.54. The van der Waals surface area contributed by atoms with Crippen molar-refractivity contribution in [1.82, 2.24) is 9.97 Å². The van der Waals surface area contributed by atoms with Crippen molar-refractivity contribution in [2.24, 2.45) is 0 Å². The first-order valence-electron chi connectivity index (χ1n) is 5.45. The molecule has 0 atom stereocenters. The molecule has 0 aliphatic rings. The van der Waals surface area contributed by atoms with Crippen LogP contribution in [0.3, 0.4) is 0 Å². The van der Waals surface area contributed by atoms with Gasteiger partial charge in [0.15, 0.2) is 0 Å². The number of hydrogen-bond acceptors (Lipinski definition) is 3. The van der Waals surface area contributed by atoms with Gasteiger partial charge in [0.1, 0.15) is 17.8 Å². The SMILES string of the molecule is Fc1ccc(-c2nc(-c3cccnc3)co2)cc1. The molecule has 18 heavy (non-hydrogen) atoms. The Balaban J connectivity index is 1.97.